The van der Waals surface area contributed by atoms with Crippen molar-refractivity contribution in [2.45, 2.75) is 19.4 Å². The Labute approximate surface area is 110 Å². The zero-order valence-electron chi connectivity index (χ0n) is 10.2. The van der Waals surface area contributed by atoms with Gasteiger partial charge in [-0.05, 0) is 41.5 Å². The lowest BCUT2D eigenvalue weighted by Gasteiger charge is -2.13. The SMILES string of the molecule is CC[C@@H](N)c1cncn1-c1ccc2sccc2c1. The maximum atomic E-state index is 6.11. The summed E-state index contributed by atoms with van der Waals surface area (Å²) in [6.07, 6.45) is 4.59. The van der Waals surface area contributed by atoms with Crippen LogP contribution in [0, 0.1) is 0 Å². The molecule has 0 aliphatic heterocycles. The van der Waals surface area contributed by atoms with E-state index in [9.17, 15) is 0 Å². The molecule has 0 aliphatic rings. The Kier molecular flexibility index (Phi) is 2.89. The van der Waals surface area contributed by atoms with Crippen LogP contribution in [-0.4, -0.2) is 9.55 Å². The molecule has 2 heterocycles. The van der Waals surface area contributed by atoms with Gasteiger partial charge in [0.25, 0.3) is 0 Å². The highest BCUT2D eigenvalue weighted by atomic mass is 32.1. The van der Waals surface area contributed by atoms with Crippen molar-refractivity contribution in [2.24, 2.45) is 5.73 Å². The molecule has 0 saturated heterocycles. The fourth-order valence-electron chi connectivity index (χ4n) is 2.11. The molecular formula is C14H15N3S. The van der Waals surface area contributed by atoms with Gasteiger partial charge in [0.05, 0.1) is 18.2 Å². The summed E-state index contributed by atoms with van der Waals surface area (Å²) < 4.78 is 3.38. The molecule has 0 bridgehead atoms. The lowest BCUT2D eigenvalue weighted by molar-refractivity contribution is 0.660. The molecule has 0 aliphatic carbocycles. The third-order valence-corrected chi connectivity index (χ3v) is 4.10. The summed E-state index contributed by atoms with van der Waals surface area (Å²) in [6.45, 7) is 2.09. The minimum Gasteiger partial charge on any atom is -0.323 e. The molecule has 3 aromatic rings. The van der Waals surface area contributed by atoms with E-state index in [4.69, 9.17) is 5.73 Å². The predicted molar refractivity (Wildman–Crippen MR) is 76.2 cm³/mol. The Morgan fingerprint density at radius 3 is 3.11 bits per heavy atom. The lowest BCUT2D eigenvalue weighted by Crippen LogP contribution is -2.13. The average Bonchev–Trinajstić information content (AvgIpc) is 3.05. The summed E-state index contributed by atoms with van der Waals surface area (Å²) >= 11 is 1.76. The van der Waals surface area contributed by atoms with Gasteiger partial charge in [-0.15, -0.1) is 11.3 Å². The number of fused-ring (bicyclic) bond motifs is 1. The number of nitrogens with two attached hydrogens (primary N) is 1. The zero-order valence-corrected chi connectivity index (χ0v) is 11.0. The molecule has 4 heteroatoms. The highest BCUT2D eigenvalue weighted by Gasteiger charge is 2.11. The Morgan fingerprint density at radius 2 is 2.28 bits per heavy atom. The average molecular weight is 257 g/mol. The maximum absolute atomic E-state index is 6.11. The van der Waals surface area contributed by atoms with Crippen LogP contribution in [0.2, 0.25) is 0 Å². The smallest absolute Gasteiger partial charge is 0.0994 e. The molecule has 3 nitrogen and oxygen atoms in total. The topological polar surface area (TPSA) is 43.8 Å². The summed E-state index contributed by atoms with van der Waals surface area (Å²) in [6, 6.07) is 8.62. The van der Waals surface area contributed by atoms with Crippen LogP contribution in [0.5, 0.6) is 0 Å². The third kappa shape index (κ3) is 1.83. The summed E-state index contributed by atoms with van der Waals surface area (Å²) in [5.74, 6) is 0. The maximum Gasteiger partial charge on any atom is 0.0994 e. The molecule has 18 heavy (non-hydrogen) atoms. The first-order chi connectivity index (χ1) is 8.79. The van der Waals surface area contributed by atoms with Gasteiger partial charge in [-0.1, -0.05) is 6.92 Å². The van der Waals surface area contributed by atoms with Gasteiger partial charge in [0, 0.05) is 16.4 Å². The standard InChI is InChI=1S/C14H15N3S/c1-2-12(15)13-8-16-9-17(13)11-3-4-14-10(7-11)5-6-18-14/h3-9,12H,2,15H2,1H3/t12-/m1/s1. The van der Waals surface area contributed by atoms with E-state index >= 15 is 0 Å². The van der Waals surface area contributed by atoms with E-state index in [-0.39, 0.29) is 6.04 Å². The van der Waals surface area contributed by atoms with E-state index in [1.807, 2.05) is 12.5 Å². The minimum atomic E-state index is 0.0330. The van der Waals surface area contributed by atoms with Crippen molar-refractivity contribution in [2.75, 3.05) is 0 Å². The van der Waals surface area contributed by atoms with E-state index in [1.165, 1.54) is 10.1 Å². The number of thiophene rings is 1. The second-order valence-corrected chi connectivity index (χ2v) is 5.29. The molecule has 1 atom stereocenters. The van der Waals surface area contributed by atoms with Crippen molar-refractivity contribution in [1.82, 2.24) is 9.55 Å². The van der Waals surface area contributed by atoms with E-state index in [2.05, 4.69) is 46.1 Å². The van der Waals surface area contributed by atoms with Crippen molar-refractivity contribution in [3.05, 3.63) is 47.9 Å². The first-order valence-electron chi connectivity index (χ1n) is 6.05. The number of aromatic nitrogens is 2. The normalized spacial score (nSPS) is 13.0. The minimum absolute atomic E-state index is 0.0330. The van der Waals surface area contributed by atoms with Crippen LogP contribution < -0.4 is 5.73 Å². The van der Waals surface area contributed by atoms with Gasteiger partial charge in [-0.2, -0.15) is 0 Å². The molecule has 2 aromatic heterocycles. The monoisotopic (exact) mass is 257 g/mol. The van der Waals surface area contributed by atoms with Gasteiger partial charge in [-0.25, -0.2) is 4.98 Å². The first-order valence-corrected chi connectivity index (χ1v) is 6.93. The molecular weight excluding hydrogens is 242 g/mol. The second-order valence-electron chi connectivity index (χ2n) is 4.35. The number of imidazole rings is 1. The van der Waals surface area contributed by atoms with E-state index < -0.39 is 0 Å². The molecule has 0 saturated carbocycles. The van der Waals surface area contributed by atoms with Gasteiger partial charge in [-0.3, -0.25) is 0 Å². The fraction of sp³-hybridized carbons (Fsp3) is 0.214. The Hall–Kier alpha value is -1.65. The zero-order chi connectivity index (χ0) is 12.5. The number of nitrogens with zero attached hydrogens (tertiary/aromatic N) is 2. The molecule has 0 spiro atoms. The molecule has 0 amide bonds. The number of rotatable bonds is 3. The molecule has 1 aromatic carbocycles. The number of benzene rings is 1. The van der Waals surface area contributed by atoms with Crippen molar-refractivity contribution >= 4 is 21.4 Å². The molecule has 92 valence electrons. The van der Waals surface area contributed by atoms with Crippen LogP contribution in [0.25, 0.3) is 15.8 Å². The summed E-state index contributed by atoms with van der Waals surface area (Å²) in [5, 5.41) is 3.38. The Bertz CT molecular complexity index is 668. The predicted octanol–water partition coefficient (Wildman–Crippen LogP) is 3.50. The van der Waals surface area contributed by atoms with Crippen LogP contribution in [0.4, 0.5) is 0 Å². The van der Waals surface area contributed by atoms with Gasteiger partial charge in [0.1, 0.15) is 0 Å². The van der Waals surface area contributed by atoms with Crippen molar-refractivity contribution in [3.8, 4) is 5.69 Å². The van der Waals surface area contributed by atoms with Crippen LogP contribution in [0.15, 0.2) is 42.2 Å². The molecule has 0 radical (unpaired) electrons. The van der Waals surface area contributed by atoms with Crippen LogP contribution in [-0.2, 0) is 0 Å². The highest BCUT2D eigenvalue weighted by Crippen LogP contribution is 2.25. The summed E-state index contributed by atoms with van der Waals surface area (Å²) in [7, 11) is 0. The Balaban J connectivity index is 2.11. The molecule has 3 rings (SSSR count). The summed E-state index contributed by atoms with van der Waals surface area (Å²) in [5.41, 5.74) is 8.30. The summed E-state index contributed by atoms with van der Waals surface area (Å²) in [4.78, 5) is 4.22. The van der Waals surface area contributed by atoms with Gasteiger partial charge < -0.3 is 10.3 Å². The third-order valence-electron chi connectivity index (χ3n) is 3.20. The first kappa shape index (κ1) is 11.4. The fourth-order valence-corrected chi connectivity index (χ4v) is 2.88. The van der Waals surface area contributed by atoms with Crippen LogP contribution >= 0.6 is 11.3 Å². The molecule has 0 unspecified atom stereocenters. The quantitative estimate of drug-likeness (QED) is 0.780. The van der Waals surface area contributed by atoms with Crippen LogP contribution in [0.3, 0.4) is 0 Å². The van der Waals surface area contributed by atoms with Crippen LogP contribution in [0.1, 0.15) is 25.1 Å². The van der Waals surface area contributed by atoms with Gasteiger partial charge in [0.2, 0.25) is 0 Å². The van der Waals surface area contributed by atoms with Crippen molar-refractivity contribution in [3.63, 3.8) is 0 Å². The number of hydrogen-bond acceptors (Lipinski definition) is 3. The second kappa shape index (κ2) is 4.55. The van der Waals surface area contributed by atoms with E-state index in [0.717, 1.165) is 17.8 Å². The molecule has 2 N–H and O–H groups in total. The Morgan fingerprint density at radius 1 is 1.39 bits per heavy atom. The van der Waals surface area contributed by atoms with Gasteiger partial charge >= 0.3 is 0 Å². The molecule has 0 fully saturated rings. The van der Waals surface area contributed by atoms with E-state index in [0.29, 0.717) is 0 Å². The van der Waals surface area contributed by atoms with Gasteiger partial charge in [0.15, 0.2) is 0 Å². The highest BCUT2D eigenvalue weighted by molar-refractivity contribution is 7.17. The number of hydrogen-bond donors (Lipinski definition) is 1. The van der Waals surface area contributed by atoms with Crippen molar-refractivity contribution in [1.29, 1.82) is 0 Å². The largest absolute Gasteiger partial charge is 0.323 e. The lowest BCUT2D eigenvalue weighted by atomic mass is 10.1. The van der Waals surface area contributed by atoms with E-state index in [1.54, 1.807) is 11.3 Å². The van der Waals surface area contributed by atoms with Crippen molar-refractivity contribution < 1.29 is 0 Å².